The molecule has 5 nitrogen and oxygen atoms in total. The predicted octanol–water partition coefficient (Wildman–Crippen LogP) is -0.0989. The van der Waals surface area contributed by atoms with E-state index in [0.29, 0.717) is 5.91 Å². The molecule has 1 aliphatic carbocycles. The van der Waals surface area contributed by atoms with Crippen LogP contribution >= 0.6 is 0 Å². The first-order valence-corrected chi connectivity index (χ1v) is 7.37. The summed E-state index contributed by atoms with van der Waals surface area (Å²) in [6.07, 6.45) is 3.58. The Morgan fingerprint density at radius 3 is 2.32 bits per heavy atom. The molecule has 1 saturated carbocycles. The minimum Gasteiger partial charge on any atom is -0.394 e. The Balaban J connectivity index is 1.85. The second kappa shape index (κ2) is 6.20. The fraction of sp³-hybridized carbons (Fsp3) is 0.929. The molecule has 2 aliphatic rings. The van der Waals surface area contributed by atoms with Crippen LogP contribution in [0.5, 0.6) is 0 Å². The van der Waals surface area contributed by atoms with E-state index in [4.69, 9.17) is 0 Å². The summed E-state index contributed by atoms with van der Waals surface area (Å²) in [7, 11) is 4.00. The van der Waals surface area contributed by atoms with Gasteiger partial charge in [0.1, 0.15) is 0 Å². The maximum absolute atomic E-state index is 12.5. The van der Waals surface area contributed by atoms with Gasteiger partial charge in [-0.15, -0.1) is 0 Å². The number of nitrogens with zero attached hydrogens (tertiary/aromatic N) is 2. The number of hydrogen-bond donors (Lipinski definition) is 2. The van der Waals surface area contributed by atoms with Gasteiger partial charge in [0, 0.05) is 37.6 Å². The molecule has 0 aromatic rings. The van der Waals surface area contributed by atoms with Gasteiger partial charge < -0.3 is 20.2 Å². The lowest BCUT2D eigenvalue weighted by molar-refractivity contribution is -0.138. The Labute approximate surface area is 115 Å². The molecule has 2 fully saturated rings. The van der Waals surface area contributed by atoms with Gasteiger partial charge in [-0.05, 0) is 39.8 Å². The highest BCUT2D eigenvalue weighted by Crippen LogP contribution is 2.32. The van der Waals surface area contributed by atoms with Crippen LogP contribution in [-0.2, 0) is 4.79 Å². The van der Waals surface area contributed by atoms with Crippen molar-refractivity contribution in [2.75, 3.05) is 46.9 Å². The van der Waals surface area contributed by atoms with Crippen LogP contribution in [0, 0.1) is 5.92 Å². The highest BCUT2D eigenvalue weighted by atomic mass is 16.3. The number of hydrogen-bond acceptors (Lipinski definition) is 4. The number of rotatable bonds is 3. The summed E-state index contributed by atoms with van der Waals surface area (Å²) in [6.45, 7) is 3.86. The van der Waals surface area contributed by atoms with Crippen molar-refractivity contribution in [2.24, 2.45) is 5.92 Å². The summed E-state index contributed by atoms with van der Waals surface area (Å²) in [5.74, 6) is 0.493. The molecule has 1 saturated heterocycles. The summed E-state index contributed by atoms with van der Waals surface area (Å²) in [5.41, 5.74) is -0.154. The number of nitrogens with one attached hydrogen (secondary N) is 1. The van der Waals surface area contributed by atoms with Crippen LogP contribution in [0.1, 0.15) is 25.7 Å². The average molecular weight is 269 g/mol. The SMILES string of the molecule is CNC1(CO)CCC(C(=O)N2CCN(C)CC2)CC1. The van der Waals surface area contributed by atoms with Gasteiger partial charge in [-0.2, -0.15) is 0 Å². The molecule has 19 heavy (non-hydrogen) atoms. The van der Waals surface area contributed by atoms with Gasteiger partial charge in [-0.3, -0.25) is 4.79 Å². The van der Waals surface area contributed by atoms with Crippen molar-refractivity contribution >= 4 is 5.91 Å². The minimum absolute atomic E-state index is 0.154. The molecule has 2 N–H and O–H groups in total. The summed E-state index contributed by atoms with van der Waals surface area (Å²) in [4.78, 5) is 16.8. The van der Waals surface area contributed by atoms with Gasteiger partial charge in [0.15, 0.2) is 0 Å². The number of amides is 1. The molecule has 1 heterocycles. The highest BCUT2D eigenvalue weighted by molar-refractivity contribution is 5.79. The Hall–Kier alpha value is -0.650. The fourth-order valence-corrected chi connectivity index (χ4v) is 3.19. The van der Waals surface area contributed by atoms with E-state index < -0.39 is 0 Å². The molecule has 0 bridgehead atoms. The van der Waals surface area contributed by atoms with Crippen molar-refractivity contribution in [3.05, 3.63) is 0 Å². The molecule has 0 spiro atoms. The van der Waals surface area contributed by atoms with Crippen molar-refractivity contribution in [1.82, 2.24) is 15.1 Å². The fourth-order valence-electron chi connectivity index (χ4n) is 3.19. The molecule has 5 heteroatoms. The lowest BCUT2D eigenvalue weighted by atomic mass is 9.76. The second-order valence-corrected chi connectivity index (χ2v) is 6.09. The van der Waals surface area contributed by atoms with Crippen molar-refractivity contribution in [2.45, 2.75) is 31.2 Å². The zero-order valence-electron chi connectivity index (χ0n) is 12.2. The molecule has 0 aromatic heterocycles. The highest BCUT2D eigenvalue weighted by Gasteiger charge is 2.37. The quantitative estimate of drug-likeness (QED) is 0.751. The van der Waals surface area contributed by atoms with E-state index in [1.165, 1.54) is 0 Å². The van der Waals surface area contributed by atoms with E-state index in [1.54, 1.807) is 0 Å². The zero-order chi connectivity index (χ0) is 13.9. The van der Waals surface area contributed by atoms with Crippen molar-refractivity contribution < 1.29 is 9.90 Å². The van der Waals surface area contributed by atoms with Gasteiger partial charge in [0.25, 0.3) is 0 Å². The van der Waals surface area contributed by atoms with E-state index >= 15 is 0 Å². The van der Waals surface area contributed by atoms with E-state index in [1.807, 2.05) is 11.9 Å². The molecule has 0 atom stereocenters. The van der Waals surface area contributed by atoms with Gasteiger partial charge in [0.05, 0.1) is 6.61 Å². The second-order valence-electron chi connectivity index (χ2n) is 6.09. The van der Waals surface area contributed by atoms with Crippen LogP contribution in [0.3, 0.4) is 0 Å². The lowest BCUT2D eigenvalue weighted by Crippen LogP contribution is -2.53. The van der Waals surface area contributed by atoms with E-state index in [2.05, 4.69) is 17.3 Å². The van der Waals surface area contributed by atoms with Crippen LogP contribution in [0.2, 0.25) is 0 Å². The zero-order valence-corrected chi connectivity index (χ0v) is 12.2. The number of aliphatic hydroxyl groups is 1. The Bertz CT molecular complexity index is 300. The van der Waals surface area contributed by atoms with Crippen molar-refractivity contribution in [1.29, 1.82) is 0 Å². The summed E-state index contributed by atoms with van der Waals surface area (Å²) < 4.78 is 0. The Kier molecular flexibility index (Phi) is 4.81. The number of aliphatic hydroxyl groups excluding tert-OH is 1. The molecule has 2 rings (SSSR count). The van der Waals surface area contributed by atoms with Gasteiger partial charge >= 0.3 is 0 Å². The smallest absolute Gasteiger partial charge is 0.225 e. The van der Waals surface area contributed by atoms with Crippen molar-refractivity contribution in [3.8, 4) is 0 Å². The van der Waals surface area contributed by atoms with Crippen LogP contribution < -0.4 is 5.32 Å². The summed E-state index contributed by atoms with van der Waals surface area (Å²) in [5, 5.41) is 12.7. The summed E-state index contributed by atoms with van der Waals surface area (Å²) >= 11 is 0. The number of carbonyl (C=O) groups excluding carboxylic acids is 1. The lowest BCUT2D eigenvalue weighted by Gasteiger charge is -2.41. The van der Waals surface area contributed by atoms with Gasteiger partial charge in [-0.25, -0.2) is 0 Å². The molecule has 1 aliphatic heterocycles. The van der Waals surface area contributed by atoms with Gasteiger partial charge in [-0.1, -0.05) is 0 Å². The minimum atomic E-state index is -0.154. The Morgan fingerprint density at radius 2 is 1.84 bits per heavy atom. The van der Waals surface area contributed by atoms with E-state index in [9.17, 15) is 9.90 Å². The molecule has 0 unspecified atom stereocenters. The molecule has 110 valence electrons. The molecule has 0 radical (unpaired) electrons. The van der Waals surface area contributed by atoms with E-state index in [-0.39, 0.29) is 18.1 Å². The summed E-state index contributed by atoms with van der Waals surface area (Å²) in [6, 6.07) is 0. The third-order valence-corrected chi connectivity index (χ3v) is 4.94. The molecular weight excluding hydrogens is 242 g/mol. The maximum Gasteiger partial charge on any atom is 0.225 e. The van der Waals surface area contributed by atoms with Crippen LogP contribution in [0.4, 0.5) is 0 Å². The standard InChI is InChI=1S/C14H27N3O2/c1-15-14(11-18)5-3-12(4-6-14)13(19)17-9-7-16(2)8-10-17/h12,15,18H,3-11H2,1-2H3. The topological polar surface area (TPSA) is 55.8 Å². The first kappa shape index (κ1) is 14.8. The monoisotopic (exact) mass is 269 g/mol. The molecule has 0 aromatic carbocycles. The predicted molar refractivity (Wildman–Crippen MR) is 74.9 cm³/mol. The van der Waals surface area contributed by atoms with E-state index in [0.717, 1.165) is 51.9 Å². The number of likely N-dealkylation sites (N-methyl/N-ethyl adjacent to an activating group) is 2. The number of carbonyl (C=O) groups is 1. The van der Waals surface area contributed by atoms with Crippen LogP contribution in [0.15, 0.2) is 0 Å². The third kappa shape index (κ3) is 3.27. The van der Waals surface area contributed by atoms with Crippen LogP contribution in [0.25, 0.3) is 0 Å². The molecular formula is C14H27N3O2. The first-order chi connectivity index (χ1) is 9.10. The van der Waals surface area contributed by atoms with Crippen molar-refractivity contribution in [3.63, 3.8) is 0 Å². The largest absolute Gasteiger partial charge is 0.394 e. The Morgan fingerprint density at radius 1 is 1.26 bits per heavy atom. The van der Waals surface area contributed by atoms with Crippen LogP contribution in [-0.4, -0.2) is 73.2 Å². The first-order valence-electron chi connectivity index (χ1n) is 7.37. The molecule has 1 amide bonds. The van der Waals surface area contributed by atoms with Gasteiger partial charge in [0.2, 0.25) is 5.91 Å². The number of piperazine rings is 1. The third-order valence-electron chi connectivity index (χ3n) is 4.94. The average Bonchev–Trinajstić information content (AvgIpc) is 2.47. The maximum atomic E-state index is 12.5. The normalized spacial score (nSPS) is 33.4.